The highest BCUT2D eigenvalue weighted by Crippen LogP contribution is 2.41. The molecule has 2 aliphatic heterocycles. The van der Waals surface area contributed by atoms with Crippen LogP contribution in [0.2, 0.25) is 0 Å². The lowest BCUT2D eigenvalue weighted by Gasteiger charge is -2.49. The molecule has 0 bridgehead atoms. The minimum atomic E-state index is -3.74. The van der Waals surface area contributed by atoms with Crippen molar-refractivity contribution in [1.29, 1.82) is 0 Å². The van der Waals surface area contributed by atoms with Gasteiger partial charge in [-0.2, -0.15) is 0 Å². The number of sulfonamides is 1. The highest BCUT2D eigenvalue weighted by atomic mass is 32.2. The standard InChI is InChI=1S/C20H23N9O7S3/c21-13(10-2-1-3-12(6-10)23-9-30)16(31)24-14-17(32)29-15(19(33)34)11(7-37-18(14)29)8-38-20-25-26-27-28(20)4-5-39(22,35)36/h1-3,6,9,13-14,18H,4-5,7-8,21H2,(H,23,30)(H,24,31)(H,33,34)(H2,22,35,36)/t13?,14?,18-/m1/s1. The Bertz CT molecular complexity index is 1450. The Morgan fingerprint density at radius 2 is 2.13 bits per heavy atom. The molecule has 39 heavy (non-hydrogen) atoms. The smallest absolute Gasteiger partial charge is 0.352 e. The number of hydrogen-bond acceptors (Lipinski definition) is 12. The second-order valence-corrected chi connectivity index (χ2v) is 12.1. The highest BCUT2D eigenvalue weighted by Gasteiger charge is 2.54. The van der Waals surface area contributed by atoms with Crippen LogP contribution in [0.15, 0.2) is 40.7 Å². The van der Waals surface area contributed by atoms with Crippen LogP contribution in [0.3, 0.4) is 0 Å². The number of nitrogens with zero attached hydrogens (tertiary/aromatic N) is 5. The van der Waals surface area contributed by atoms with E-state index < -0.39 is 45.3 Å². The molecule has 0 spiro atoms. The van der Waals surface area contributed by atoms with Gasteiger partial charge in [0.15, 0.2) is 0 Å². The van der Waals surface area contributed by atoms with Gasteiger partial charge in [-0.15, -0.1) is 16.9 Å². The lowest BCUT2D eigenvalue weighted by atomic mass is 10.0. The first-order valence-corrected chi connectivity index (χ1v) is 14.9. The molecule has 19 heteroatoms. The van der Waals surface area contributed by atoms with Crippen molar-refractivity contribution in [2.75, 3.05) is 22.6 Å². The van der Waals surface area contributed by atoms with Gasteiger partial charge in [0.1, 0.15) is 23.2 Å². The lowest BCUT2D eigenvalue weighted by molar-refractivity contribution is -0.150. The average molecular weight is 598 g/mol. The number of rotatable bonds is 12. The van der Waals surface area contributed by atoms with E-state index in [0.717, 1.165) is 16.7 Å². The van der Waals surface area contributed by atoms with E-state index in [-0.39, 0.29) is 34.7 Å². The van der Waals surface area contributed by atoms with Crippen molar-refractivity contribution in [3.8, 4) is 0 Å². The summed E-state index contributed by atoms with van der Waals surface area (Å²) in [4.78, 5) is 49.7. The Hall–Kier alpha value is -3.52. The van der Waals surface area contributed by atoms with Gasteiger partial charge in [-0.25, -0.2) is 23.0 Å². The molecule has 0 aliphatic carbocycles. The molecular formula is C20H23N9O7S3. The summed E-state index contributed by atoms with van der Waals surface area (Å²) in [6.07, 6.45) is 0.489. The van der Waals surface area contributed by atoms with E-state index in [1.807, 2.05) is 0 Å². The summed E-state index contributed by atoms with van der Waals surface area (Å²) in [5, 5.41) is 30.6. The number of aryl methyl sites for hydroxylation is 1. The largest absolute Gasteiger partial charge is 0.477 e. The van der Waals surface area contributed by atoms with Crippen molar-refractivity contribution in [3.63, 3.8) is 0 Å². The van der Waals surface area contributed by atoms with Crippen LogP contribution >= 0.6 is 23.5 Å². The fourth-order valence-corrected chi connectivity index (χ4v) is 6.70. The van der Waals surface area contributed by atoms with E-state index in [0.29, 0.717) is 23.2 Å². The zero-order valence-corrected chi connectivity index (χ0v) is 22.4. The molecule has 4 rings (SSSR count). The maximum atomic E-state index is 13.0. The number of amides is 3. The zero-order chi connectivity index (χ0) is 28.3. The molecule has 7 N–H and O–H groups in total. The van der Waals surface area contributed by atoms with Crippen LogP contribution in [0.5, 0.6) is 0 Å². The number of hydrogen-bond donors (Lipinski definition) is 5. The number of aromatic nitrogens is 4. The first kappa shape index (κ1) is 28.5. The minimum absolute atomic E-state index is 0.0815. The molecule has 2 aromatic rings. The molecule has 1 fully saturated rings. The van der Waals surface area contributed by atoms with Gasteiger partial charge >= 0.3 is 5.97 Å². The summed E-state index contributed by atoms with van der Waals surface area (Å²) in [6, 6.07) is 4.27. The molecule has 208 valence electrons. The number of aliphatic carboxylic acids is 1. The van der Waals surface area contributed by atoms with Gasteiger partial charge in [0.05, 0.1) is 12.3 Å². The van der Waals surface area contributed by atoms with Crippen LogP contribution in [0.4, 0.5) is 5.69 Å². The molecular weight excluding hydrogens is 574 g/mol. The summed E-state index contributed by atoms with van der Waals surface area (Å²) in [7, 11) is -3.74. The quantitative estimate of drug-likeness (QED) is 0.102. The molecule has 0 radical (unpaired) electrons. The molecule has 1 aromatic carbocycles. The summed E-state index contributed by atoms with van der Waals surface area (Å²) >= 11 is 2.36. The predicted molar refractivity (Wildman–Crippen MR) is 139 cm³/mol. The number of nitrogens with one attached hydrogen (secondary N) is 2. The number of β-lactam (4-membered cyclic amide) rings is 1. The minimum Gasteiger partial charge on any atom is -0.477 e. The van der Waals surface area contributed by atoms with Gasteiger partial charge in [-0.05, 0) is 33.7 Å². The number of primary sulfonamides is 1. The molecule has 16 nitrogen and oxygen atoms in total. The average Bonchev–Trinajstić information content (AvgIpc) is 3.35. The van der Waals surface area contributed by atoms with Crippen LogP contribution in [0.1, 0.15) is 11.6 Å². The third-order valence-corrected chi connectivity index (χ3v) is 8.90. The van der Waals surface area contributed by atoms with E-state index in [4.69, 9.17) is 10.9 Å². The number of fused-ring (bicyclic) bond motifs is 1. The first-order valence-electron chi connectivity index (χ1n) is 11.2. The van der Waals surface area contributed by atoms with E-state index in [9.17, 15) is 32.7 Å². The van der Waals surface area contributed by atoms with Crippen molar-refractivity contribution in [1.82, 2.24) is 30.4 Å². The molecule has 3 atom stereocenters. The van der Waals surface area contributed by atoms with E-state index >= 15 is 0 Å². The molecule has 3 heterocycles. The van der Waals surface area contributed by atoms with Crippen molar-refractivity contribution in [2.45, 2.75) is 29.2 Å². The predicted octanol–water partition coefficient (Wildman–Crippen LogP) is -1.94. The van der Waals surface area contributed by atoms with E-state index in [2.05, 4.69) is 26.2 Å². The number of carbonyl (C=O) groups excluding carboxylic acids is 3. The van der Waals surface area contributed by atoms with E-state index in [1.165, 1.54) is 22.5 Å². The Morgan fingerprint density at radius 3 is 2.82 bits per heavy atom. The normalized spacial score (nSPS) is 19.6. The number of thioether (sulfide) groups is 2. The molecule has 0 saturated carbocycles. The summed E-state index contributed by atoms with van der Waals surface area (Å²) in [6.45, 7) is -0.0815. The Morgan fingerprint density at radius 1 is 1.36 bits per heavy atom. The van der Waals surface area contributed by atoms with Crippen LogP contribution in [-0.4, -0.2) is 91.5 Å². The number of carboxylic acid groups (broad SMARTS) is 1. The summed E-state index contributed by atoms with van der Waals surface area (Å²) in [5.74, 6) is -2.55. The van der Waals surface area contributed by atoms with Gasteiger partial charge < -0.3 is 21.5 Å². The maximum absolute atomic E-state index is 13.0. The van der Waals surface area contributed by atoms with E-state index in [1.54, 1.807) is 18.2 Å². The van der Waals surface area contributed by atoms with Gasteiger partial charge in [-0.1, -0.05) is 23.9 Å². The molecule has 3 amide bonds. The molecule has 1 aromatic heterocycles. The number of carbonyl (C=O) groups is 4. The molecule has 2 aliphatic rings. The number of tetrazole rings is 1. The third-order valence-electron chi connectivity index (χ3n) is 5.76. The first-order chi connectivity index (χ1) is 18.5. The number of nitrogens with two attached hydrogens (primary N) is 2. The van der Waals surface area contributed by atoms with Crippen molar-refractivity contribution < 1.29 is 32.7 Å². The van der Waals surface area contributed by atoms with Crippen LogP contribution in [0, 0.1) is 0 Å². The number of anilines is 1. The Balaban J connectivity index is 1.43. The Kier molecular flexibility index (Phi) is 8.54. The SMILES string of the molecule is NC(C(=O)NC1C(=O)N2C(C(=O)O)=C(CSc3nnnn3CCS(N)(=O)=O)CS[C@H]12)c1cccc(NC=O)c1. The second kappa shape index (κ2) is 11.7. The lowest BCUT2D eigenvalue weighted by Crippen LogP contribution is -2.71. The molecule has 2 unspecified atom stereocenters. The van der Waals surface area contributed by atoms with Crippen molar-refractivity contribution in [2.24, 2.45) is 10.9 Å². The maximum Gasteiger partial charge on any atom is 0.352 e. The van der Waals surface area contributed by atoms with Crippen molar-refractivity contribution >= 4 is 63.4 Å². The summed E-state index contributed by atoms with van der Waals surface area (Å²) in [5.41, 5.74) is 7.16. The topological polar surface area (TPSA) is 246 Å². The van der Waals surface area contributed by atoms with Gasteiger partial charge in [0.25, 0.3) is 5.91 Å². The van der Waals surface area contributed by atoms with Gasteiger partial charge in [-0.3, -0.25) is 19.3 Å². The van der Waals surface area contributed by atoms with Crippen LogP contribution < -0.4 is 21.5 Å². The zero-order valence-electron chi connectivity index (χ0n) is 20.0. The van der Waals surface area contributed by atoms with Crippen LogP contribution in [-0.2, 0) is 35.7 Å². The fraction of sp³-hybridized carbons (Fsp3) is 0.350. The van der Waals surface area contributed by atoms with Gasteiger partial charge in [0.2, 0.25) is 27.5 Å². The monoisotopic (exact) mass is 597 g/mol. The summed E-state index contributed by atoms with van der Waals surface area (Å²) < 4.78 is 23.7. The van der Waals surface area contributed by atoms with Crippen molar-refractivity contribution in [3.05, 3.63) is 41.1 Å². The highest BCUT2D eigenvalue weighted by molar-refractivity contribution is 8.01. The molecule has 1 saturated heterocycles. The second-order valence-electron chi connectivity index (χ2n) is 8.36. The van der Waals surface area contributed by atoms with Gasteiger partial charge in [0, 0.05) is 17.2 Å². The Labute approximate surface area is 230 Å². The van der Waals surface area contributed by atoms with Crippen LogP contribution in [0.25, 0.3) is 0 Å². The fourth-order valence-electron chi connectivity index (χ4n) is 3.88. The number of benzene rings is 1. The third kappa shape index (κ3) is 6.38. The number of carboxylic acids is 1.